The standard InChI is InChI=1S/C11H22.C10H20.C9H18.C8H16.C7H14.5C2H6.2CH4/c1-11(2,3)10-8-6-4-5-7-9-10;1-10(2,3)9-7-5-4-6-8-9;1-9(2,3)8-6-4-5-7-8;1-8(2,3)7-5-4-6-7;1-7(2,3)6-4-5-6;5*1-2;;/h10H,4-9H2,1-3H3;9H,4-8H2,1-3H3;8H,4-7H2,1-3H3;7H,4-6H2,1-3H3;6H,4-5H2,1-3H3;5*1-2H3;2*1H4. The van der Waals surface area contributed by atoms with Gasteiger partial charge in [-0.3, -0.25) is 0 Å². The summed E-state index contributed by atoms with van der Waals surface area (Å²) in [5.41, 5.74) is 2.92. The molecule has 0 saturated heterocycles. The van der Waals surface area contributed by atoms with E-state index in [9.17, 15) is 0 Å². The van der Waals surface area contributed by atoms with Crippen LogP contribution in [-0.4, -0.2) is 0 Å². The van der Waals surface area contributed by atoms with Gasteiger partial charge in [-0.15, -0.1) is 0 Å². The minimum absolute atomic E-state index is 0. The molecule has 0 aromatic rings. The summed E-state index contributed by atoms with van der Waals surface area (Å²) in [5, 5.41) is 0. The fourth-order valence-corrected chi connectivity index (χ4v) is 8.13. The van der Waals surface area contributed by atoms with Crippen molar-refractivity contribution in [3.05, 3.63) is 0 Å². The molecule has 0 N–H and O–H groups in total. The zero-order valence-corrected chi connectivity index (χ0v) is 44.5. The van der Waals surface area contributed by atoms with Crippen LogP contribution in [0.1, 0.15) is 316 Å². The molecule has 0 bridgehead atoms. The zero-order chi connectivity index (χ0) is 44.5. The first kappa shape index (κ1) is 71.5. The van der Waals surface area contributed by atoms with Gasteiger partial charge in [-0.25, -0.2) is 0 Å². The lowest BCUT2D eigenvalue weighted by Gasteiger charge is -2.37. The topological polar surface area (TPSA) is 0 Å². The minimum Gasteiger partial charge on any atom is -0.0776 e. The van der Waals surface area contributed by atoms with Crippen LogP contribution in [0.2, 0.25) is 0 Å². The van der Waals surface area contributed by atoms with Crippen LogP contribution in [0.5, 0.6) is 0 Å². The molecule has 5 aliphatic carbocycles. The van der Waals surface area contributed by atoms with E-state index in [4.69, 9.17) is 0 Å². The molecule has 5 aliphatic rings. The molecule has 0 heterocycles. The van der Waals surface area contributed by atoms with Gasteiger partial charge in [0.2, 0.25) is 0 Å². The van der Waals surface area contributed by atoms with Gasteiger partial charge in [0.1, 0.15) is 0 Å². The van der Waals surface area contributed by atoms with Crippen molar-refractivity contribution in [2.45, 2.75) is 316 Å². The summed E-state index contributed by atoms with van der Waals surface area (Å²) in [6.45, 7) is 55.4. The maximum absolute atomic E-state index is 2.39. The highest BCUT2D eigenvalue weighted by molar-refractivity contribution is 4.84. The third-order valence-corrected chi connectivity index (χ3v) is 12.6. The lowest BCUT2D eigenvalue weighted by molar-refractivity contribution is 0.141. The second kappa shape index (κ2) is 40.1. The highest BCUT2D eigenvalue weighted by Gasteiger charge is 2.33. The summed E-state index contributed by atoms with van der Waals surface area (Å²) < 4.78 is 0. The Labute approximate surface area is 371 Å². The molecule has 0 unspecified atom stereocenters. The molecule has 0 nitrogen and oxygen atoms in total. The number of rotatable bonds is 0. The predicted octanol–water partition coefficient (Wildman–Crippen LogP) is 22.5. The van der Waals surface area contributed by atoms with Crippen LogP contribution in [0, 0.1) is 56.7 Å². The van der Waals surface area contributed by atoms with Gasteiger partial charge in [0, 0.05) is 0 Å². The molecule has 0 aliphatic heterocycles. The summed E-state index contributed by atoms with van der Waals surface area (Å²) in [5.74, 6) is 5.08. The van der Waals surface area contributed by atoms with Gasteiger partial charge in [-0.05, 0) is 121 Å². The SMILES string of the molecule is C.C.CC.CC.CC.CC.CC.CC(C)(C)C1CC1.CC(C)(C)C1CCC1.CC(C)(C)C1CCCC1.CC(C)(C)C1CCCCC1.CC(C)(C)C1CCCCCC1. The van der Waals surface area contributed by atoms with Crippen LogP contribution in [-0.2, 0) is 0 Å². The second-order valence-corrected chi connectivity index (χ2v) is 21.7. The average molecular weight is 814 g/mol. The van der Waals surface area contributed by atoms with Gasteiger partial charge in [0.25, 0.3) is 0 Å². The average Bonchev–Trinajstić information content (AvgIpc) is 3.89. The highest BCUT2D eigenvalue weighted by atomic mass is 14.4. The van der Waals surface area contributed by atoms with Gasteiger partial charge in [-0.1, -0.05) is 252 Å². The third kappa shape index (κ3) is 41.1. The van der Waals surface area contributed by atoms with E-state index in [1.54, 1.807) is 0 Å². The molecular weight excluding hydrogens is 685 g/mol. The van der Waals surface area contributed by atoms with Gasteiger partial charge >= 0.3 is 0 Å². The van der Waals surface area contributed by atoms with Crippen LogP contribution in [0.4, 0.5) is 0 Å². The molecule has 5 saturated carbocycles. The first-order valence-electron chi connectivity index (χ1n) is 25.5. The Hall–Kier alpha value is 0. The van der Waals surface area contributed by atoms with Crippen LogP contribution in [0.15, 0.2) is 0 Å². The first-order chi connectivity index (χ1) is 25.5. The predicted molar refractivity (Wildman–Crippen MR) is 277 cm³/mol. The summed E-state index contributed by atoms with van der Waals surface area (Å²) in [4.78, 5) is 0. The van der Waals surface area contributed by atoms with E-state index in [-0.39, 0.29) is 14.9 Å². The Kier molecular flexibility index (Phi) is 50.3. The molecule has 0 aromatic heterocycles. The molecule has 5 fully saturated rings. The maximum atomic E-state index is 2.39. The molecule has 0 aromatic carbocycles. The van der Waals surface area contributed by atoms with Gasteiger partial charge in [-0.2, -0.15) is 0 Å². The Balaban J connectivity index is -0.000000103. The van der Waals surface area contributed by atoms with E-state index in [0.717, 1.165) is 29.6 Å². The van der Waals surface area contributed by atoms with E-state index in [1.165, 1.54) is 128 Å². The fourth-order valence-electron chi connectivity index (χ4n) is 8.13. The monoisotopic (exact) mass is 813 g/mol. The quantitative estimate of drug-likeness (QED) is 0.214. The largest absolute Gasteiger partial charge is 0.0776 e. The smallest absolute Gasteiger partial charge is 0.0354 e. The van der Waals surface area contributed by atoms with Crippen molar-refractivity contribution in [2.75, 3.05) is 0 Å². The molecule has 0 spiro atoms. The van der Waals surface area contributed by atoms with Gasteiger partial charge < -0.3 is 0 Å². The van der Waals surface area contributed by atoms with Crippen LogP contribution >= 0.6 is 0 Å². The first-order valence-corrected chi connectivity index (χ1v) is 25.5. The van der Waals surface area contributed by atoms with E-state index in [2.05, 4.69) is 104 Å². The molecule has 57 heavy (non-hydrogen) atoms. The van der Waals surface area contributed by atoms with Gasteiger partial charge in [0.05, 0.1) is 0 Å². The highest BCUT2D eigenvalue weighted by Crippen LogP contribution is 2.44. The zero-order valence-electron chi connectivity index (χ0n) is 44.5. The normalized spacial score (nSPS) is 18.7. The maximum Gasteiger partial charge on any atom is -0.0354 e. The third-order valence-electron chi connectivity index (χ3n) is 12.6. The lowest BCUT2D eigenvalue weighted by Crippen LogP contribution is -2.26. The molecule has 5 rings (SSSR count). The molecule has 0 radical (unpaired) electrons. The van der Waals surface area contributed by atoms with Crippen molar-refractivity contribution in [3.8, 4) is 0 Å². The number of hydrogen-bond donors (Lipinski definition) is 0. The van der Waals surface area contributed by atoms with Crippen LogP contribution in [0.3, 0.4) is 0 Å². The molecule has 0 heteroatoms. The van der Waals surface area contributed by atoms with Crippen molar-refractivity contribution >= 4 is 0 Å². The fraction of sp³-hybridized carbons (Fsp3) is 1.00. The Morgan fingerprint density at radius 1 is 0.193 bits per heavy atom. The van der Waals surface area contributed by atoms with Crippen molar-refractivity contribution in [1.82, 2.24) is 0 Å². The van der Waals surface area contributed by atoms with Crippen molar-refractivity contribution in [1.29, 1.82) is 0 Å². The molecular formula is C57H128. The van der Waals surface area contributed by atoms with Crippen LogP contribution < -0.4 is 0 Å². The van der Waals surface area contributed by atoms with E-state index < -0.39 is 0 Å². The summed E-state index contributed by atoms with van der Waals surface area (Å²) in [7, 11) is 0. The summed E-state index contributed by atoms with van der Waals surface area (Å²) in [6, 6.07) is 0. The van der Waals surface area contributed by atoms with Crippen molar-refractivity contribution < 1.29 is 0 Å². The van der Waals surface area contributed by atoms with Gasteiger partial charge in [0.15, 0.2) is 0 Å². The van der Waals surface area contributed by atoms with E-state index >= 15 is 0 Å². The minimum atomic E-state index is 0. The second-order valence-electron chi connectivity index (χ2n) is 21.7. The molecule has 0 amide bonds. The molecule has 356 valence electrons. The van der Waals surface area contributed by atoms with E-state index in [0.29, 0.717) is 27.1 Å². The summed E-state index contributed by atoms with van der Waals surface area (Å²) in [6.07, 6.45) is 29.5. The van der Waals surface area contributed by atoms with Crippen LogP contribution in [0.25, 0.3) is 0 Å². The Bertz CT molecular complexity index is 707. The van der Waals surface area contributed by atoms with Crippen molar-refractivity contribution in [2.24, 2.45) is 56.7 Å². The van der Waals surface area contributed by atoms with Crippen molar-refractivity contribution in [3.63, 3.8) is 0 Å². The lowest BCUT2D eigenvalue weighted by atomic mass is 9.69. The number of hydrogen-bond acceptors (Lipinski definition) is 0. The Morgan fingerprint density at radius 3 is 0.421 bits per heavy atom. The summed E-state index contributed by atoms with van der Waals surface area (Å²) >= 11 is 0. The van der Waals surface area contributed by atoms with E-state index in [1.807, 2.05) is 69.2 Å². The molecule has 0 atom stereocenters. The Morgan fingerprint density at radius 2 is 0.316 bits per heavy atom.